The van der Waals surface area contributed by atoms with Gasteiger partial charge in [-0.15, -0.1) is 11.8 Å². The molecule has 0 heterocycles. The van der Waals surface area contributed by atoms with Crippen LogP contribution in [0.2, 0.25) is 0 Å². The van der Waals surface area contributed by atoms with Crippen molar-refractivity contribution in [1.29, 1.82) is 0 Å². The zero-order valence-electron chi connectivity index (χ0n) is 17.9. The van der Waals surface area contributed by atoms with Gasteiger partial charge in [0.25, 0.3) is 0 Å². The highest BCUT2D eigenvalue weighted by molar-refractivity contribution is 8.00. The Kier molecular flexibility index (Phi) is 8.16. The SMILES string of the molecule is CCCC(=O)Nc1cccc(SC(C(=O)Nc2cccc(C(F)(F)F)c2)c2ccccc2)c1. The third-order valence-electron chi connectivity index (χ3n) is 4.65. The molecule has 0 radical (unpaired) electrons. The zero-order chi connectivity index (χ0) is 23.8. The lowest BCUT2D eigenvalue weighted by atomic mass is 10.1. The molecule has 0 fully saturated rings. The molecule has 0 aliphatic carbocycles. The van der Waals surface area contributed by atoms with Gasteiger partial charge in [-0.05, 0) is 48.4 Å². The van der Waals surface area contributed by atoms with Crippen molar-refractivity contribution >= 4 is 35.0 Å². The molecule has 0 aliphatic heterocycles. The maximum atomic E-state index is 13.1. The zero-order valence-corrected chi connectivity index (χ0v) is 18.7. The fraction of sp³-hybridized carbons (Fsp3) is 0.200. The van der Waals surface area contributed by atoms with Crippen molar-refractivity contribution in [3.63, 3.8) is 0 Å². The molecule has 3 aromatic carbocycles. The van der Waals surface area contributed by atoms with Gasteiger partial charge in [0.15, 0.2) is 0 Å². The van der Waals surface area contributed by atoms with Crippen LogP contribution in [0.25, 0.3) is 0 Å². The first kappa shape index (κ1) is 24.4. The number of amides is 2. The Hall–Kier alpha value is -3.26. The summed E-state index contributed by atoms with van der Waals surface area (Å²) in [4.78, 5) is 25.8. The molecular formula is C25H23F3N2O2S. The second kappa shape index (κ2) is 11.0. The van der Waals surface area contributed by atoms with Gasteiger partial charge in [-0.2, -0.15) is 13.2 Å². The molecule has 2 N–H and O–H groups in total. The van der Waals surface area contributed by atoms with Crippen molar-refractivity contribution in [3.05, 3.63) is 90.0 Å². The molecule has 0 aliphatic rings. The van der Waals surface area contributed by atoms with Crippen molar-refractivity contribution in [2.45, 2.75) is 36.1 Å². The Morgan fingerprint density at radius 1 is 0.879 bits per heavy atom. The maximum Gasteiger partial charge on any atom is 0.416 e. The van der Waals surface area contributed by atoms with E-state index >= 15 is 0 Å². The summed E-state index contributed by atoms with van der Waals surface area (Å²) in [5.41, 5.74) is 0.549. The van der Waals surface area contributed by atoms with Crippen LogP contribution in [0, 0.1) is 0 Å². The van der Waals surface area contributed by atoms with Gasteiger partial charge in [-0.25, -0.2) is 0 Å². The largest absolute Gasteiger partial charge is 0.416 e. The molecule has 3 rings (SSSR count). The van der Waals surface area contributed by atoms with Crippen molar-refractivity contribution in [2.75, 3.05) is 10.6 Å². The molecule has 0 bridgehead atoms. The molecule has 1 unspecified atom stereocenters. The number of alkyl halides is 3. The molecule has 1 atom stereocenters. The third kappa shape index (κ3) is 7.12. The molecule has 4 nitrogen and oxygen atoms in total. The summed E-state index contributed by atoms with van der Waals surface area (Å²) in [6, 6.07) is 20.6. The van der Waals surface area contributed by atoms with Crippen molar-refractivity contribution in [2.24, 2.45) is 0 Å². The monoisotopic (exact) mass is 472 g/mol. The Balaban J connectivity index is 1.83. The van der Waals surface area contributed by atoms with E-state index < -0.39 is 22.9 Å². The lowest BCUT2D eigenvalue weighted by molar-refractivity contribution is -0.137. The first-order valence-electron chi connectivity index (χ1n) is 10.4. The molecule has 8 heteroatoms. The number of halogens is 3. The minimum atomic E-state index is -4.50. The van der Waals surface area contributed by atoms with Gasteiger partial charge < -0.3 is 10.6 Å². The minimum Gasteiger partial charge on any atom is -0.326 e. The number of anilines is 2. The third-order valence-corrected chi connectivity index (χ3v) is 5.89. The molecule has 0 saturated carbocycles. The number of benzene rings is 3. The van der Waals surface area contributed by atoms with Crippen molar-refractivity contribution < 1.29 is 22.8 Å². The van der Waals surface area contributed by atoms with E-state index in [4.69, 9.17) is 0 Å². The van der Waals surface area contributed by atoms with Crippen molar-refractivity contribution in [3.8, 4) is 0 Å². The van der Waals surface area contributed by atoms with Gasteiger partial charge in [0.05, 0.1) is 5.56 Å². The van der Waals surface area contributed by atoms with Gasteiger partial charge in [0, 0.05) is 22.7 Å². The Bertz CT molecular complexity index is 1100. The quantitative estimate of drug-likeness (QED) is 0.350. The first-order valence-corrected chi connectivity index (χ1v) is 11.2. The molecule has 0 aromatic heterocycles. The van der Waals surface area contributed by atoms with E-state index in [0.717, 1.165) is 23.4 Å². The number of hydrogen-bond acceptors (Lipinski definition) is 3. The van der Waals surface area contributed by atoms with Gasteiger partial charge in [-0.3, -0.25) is 9.59 Å². The van der Waals surface area contributed by atoms with Gasteiger partial charge >= 0.3 is 6.18 Å². The summed E-state index contributed by atoms with van der Waals surface area (Å²) in [7, 11) is 0. The number of nitrogens with one attached hydrogen (secondary N) is 2. The fourth-order valence-corrected chi connectivity index (χ4v) is 4.20. The highest BCUT2D eigenvalue weighted by Gasteiger charge is 2.31. The molecule has 3 aromatic rings. The molecule has 0 spiro atoms. The lowest BCUT2D eigenvalue weighted by Crippen LogP contribution is -2.19. The van der Waals surface area contributed by atoms with E-state index in [1.54, 1.807) is 42.5 Å². The number of carbonyl (C=O) groups excluding carboxylic acids is 2. The van der Waals surface area contributed by atoms with E-state index in [-0.39, 0.29) is 11.6 Å². The average Bonchev–Trinajstić information content (AvgIpc) is 2.78. The molecular weight excluding hydrogens is 449 g/mol. The van der Waals surface area contributed by atoms with E-state index in [0.29, 0.717) is 17.7 Å². The highest BCUT2D eigenvalue weighted by Crippen LogP contribution is 2.38. The summed E-state index contributed by atoms with van der Waals surface area (Å²) in [6.45, 7) is 1.92. The second-order valence-electron chi connectivity index (χ2n) is 7.30. The minimum absolute atomic E-state index is 0.0666. The van der Waals surface area contributed by atoms with Gasteiger partial charge in [-0.1, -0.05) is 49.4 Å². The van der Waals surface area contributed by atoms with Crippen LogP contribution in [0.15, 0.2) is 83.8 Å². The number of carbonyl (C=O) groups is 2. The standard InChI is InChI=1S/C25H23F3N2O2S/c1-2-8-22(31)29-20-13-7-14-21(16-20)33-23(17-9-4-3-5-10-17)24(32)30-19-12-6-11-18(15-19)25(26,27)28/h3-7,9-16,23H,2,8H2,1H3,(H,29,31)(H,30,32). The summed E-state index contributed by atoms with van der Waals surface area (Å²) in [5.74, 6) is -0.549. The second-order valence-corrected chi connectivity index (χ2v) is 8.48. The van der Waals surface area contributed by atoms with Crippen LogP contribution in [0.4, 0.5) is 24.5 Å². The van der Waals surface area contributed by atoms with E-state index in [1.165, 1.54) is 23.9 Å². The number of thioether (sulfide) groups is 1. The molecule has 2 amide bonds. The lowest BCUT2D eigenvalue weighted by Gasteiger charge is -2.18. The fourth-order valence-electron chi connectivity index (χ4n) is 3.12. The van der Waals surface area contributed by atoms with E-state index in [2.05, 4.69) is 10.6 Å². The summed E-state index contributed by atoms with van der Waals surface area (Å²) >= 11 is 1.25. The summed E-state index contributed by atoms with van der Waals surface area (Å²) in [5, 5.41) is 4.71. The highest BCUT2D eigenvalue weighted by atomic mass is 32.2. The van der Waals surface area contributed by atoms with Crippen LogP contribution >= 0.6 is 11.8 Å². The van der Waals surface area contributed by atoms with Crippen LogP contribution in [0.5, 0.6) is 0 Å². The average molecular weight is 473 g/mol. The smallest absolute Gasteiger partial charge is 0.326 e. The van der Waals surface area contributed by atoms with Gasteiger partial charge in [0.1, 0.15) is 5.25 Å². The number of hydrogen-bond donors (Lipinski definition) is 2. The summed E-state index contributed by atoms with van der Waals surface area (Å²) in [6.07, 6.45) is -3.37. The maximum absolute atomic E-state index is 13.1. The van der Waals surface area contributed by atoms with E-state index in [1.807, 2.05) is 19.1 Å². The predicted octanol–water partition coefficient (Wildman–Crippen LogP) is 6.92. The van der Waals surface area contributed by atoms with Crippen LogP contribution in [-0.4, -0.2) is 11.8 Å². The Morgan fingerprint density at radius 3 is 2.21 bits per heavy atom. The summed E-state index contributed by atoms with van der Waals surface area (Å²) < 4.78 is 39.1. The van der Waals surface area contributed by atoms with Crippen LogP contribution in [0.3, 0.4) is 0 Å². The van der Waals surface area contributed by atoms with Crippen LogP contribution in [-0.2, 0) is 15.8 Å². The Morgan fingerprint density at radius 2 is 1.55 bits per heavy atom. The van der Waals surface area contributed by atoms with Crippen molar-refractivity contribution in [1.82, 2.24) is 0 Å². The normalized spacial score (nSPS) is 12.1. The Labute approximate surface area is 194 Å². The van der Waals surface area contributed by atoms with Crippen LogP contribution < -0.4 is 10.6 Å². The van der Waals surface area contributed by atoms with Gasteiger partial charge in [0.2, 0.25) is 11.8 Å². The molecule has 0 saturated heterocycles. The predicted molar refractivity (Wildman–Crippen MR) is 125 cm³/mol. The topological polar surface area (TPSA) is 58.2 Å². The van der Waals surface area contributed by atoms with E-state index in [9.17, 15) is 22.8 Å². The first-order chi connectivity index (χ1) is 15.8. The number of rotatable bonds is 8. The van der Waals surface area contributed by atoms with Crippen LogP contribution in [0.1, 0.15) is 36.1 Å². The molecule has 172 valence electrons. The molecule has 33 heavy (non-hydrogen) atoms.